The lowest BCUT2D eigenvalue weighted by atomic mass is 10.0. The van der Waals surface area contributed by atoms with Gasteiger partial charge in [-0.1, -0.05) is 24.3 Å². The molecule has 130 valence electrons. The van der Waals surface area contributed by atoms with Crippen LogP contribution in [0, 0.1) is 0 Å². The normalized spacial score (nSPS) is 19.5. The van der Waals surface area contributed by atoms with Gasteiger partial charge in [0.2, 0.25) is 0 Å². The van der Waals surface area contributed by atoms with Crippen LogP contribution in [0.1, 0.15) is 36.6 Å². The molecule has 1 fully saturated rings. The van der Waals surface area contributed by atoms with E-state index in [4.69, 9.17) is 0 Å². The van der Waals surface area contributed by atoms with Crippen LogP contribution in [0.25, 0.3) is 10.8 Å². The Hall–Kier alpha value is -2.24. The zero-order valence-corrected chi connectivity index (χ0v) is 14.5. The largest absolute Gasteiger partial charge is 0.388 e. The summed E-state index contributed by atoms with van der Waals surface area (Å²) in [6.07, 6.45) is 8.15. The van der Waals surface area contributed by atoms with Crippen molar-refractivity contribution in [2.75, 3.05) is 6.54 Å². The Balaban J connectivity index is 1.49. The van der Waals surface area contributed by atoms with E-state index in [0.717, 1.165) is 37.2 Å². The summed E-state index contributed by atoms with van der Waals surface area (Å²) in [5.41, 5.74) is 2.03. The highest BCUT2D eigenvalue weighted by Crippen LogP contribution is 2.29. The Morgan fingerprint density at radius 3 is 3.00 bits per heavy atom. The fraction of sp³-hybridized carbons (Fsp3) is 0.400. The molecule has 25 heavy (non-hydrogen) atoms. The number of aliphatic hydroxyl groups is 1. The molecule has 1 saturated heterocycles. The summed E-state index contributed by atoms with van der Waals surface area (Å²) < 4.78 is 1.74. The standard InChI is InChI=1S/C20H24N4O/c1-23-13-16(12-22-23)20(25)11-17-6-4-10-24(17)14-19-18-7-3-2-5-15(18)8-9-21-19/h2-3,5,7-9,12-13,17,20,25H,4,6,10-11,14H2,1H3. The lowest BCUT2D eigenvalue weighted by Crippen LogP contribution is -2.30. The van der Waals surface area contributed by atoms with Crippen molar-refractivity contribution in [3.05, 3.63) is 60.2 Å². The summed E-state index contributed by atoms with van der Waals surface area (Å²) in [4.78, 5) is 7.09. The van der Waals surface area contributed by atoms with Crippen LogP contribution in [0.5, 0.6) is 0 Å². The molecule has 1 aliphatic rings. The van der Waals surface area contributed by atoms with Gasteiger partial charge >= 0.3 is 0 Å². The number of pyridine rings is 1. The first-order valence-electron chi connectivity index (χ1n) is 8.94. The van der Waals surface area contributed by atoms with Gasteiger partial charge in [0.25, 0.3) is 0 Å². The Morgan fingerprint density at radius 2 is 2.16 bits per heavy atom. The SMILES string of the molecule is Cn1cc(C(O)CC2CCCN2Cc2nccc3ccccc23)cn1. The number of likely N-dealkylation sites (tertiary alicyclic amines) is 1. The second kappa shape index (κ2) is 6.94. The van der Waals surface area contributed by atoms with Crippen molar-refractivity contribution < 1.29 is 5.11 Å². The molecule has 2 unspecified atom stereocenters. The van der Waals surface area contributed by atoms with E-state index in [1.54, 1.807) is 10.9 Å². The Bertz CT molecular complexity index is 854. The van der Waals surface area contributed by atoms with Crippen LogP contribution in [0.3, 0.4) is 0 Å². The monoisotopic (exact) mass is 336 g/mol. The molecule has 0 spiro atoms. The predicted molar refractivity (Wildman–Crippen MR) is 98.0 cm³/mol. The van der Waals surface area contributed by atoms with E-state index in [0.29, 0.717) is 6.04 Å². The molecular formula is C20H24N4O. The van der Waals surface area contributed by atoms with Gasteiger partial charge < -0.3 is 5.11 Å². The molecule has 0 saturated carbocycles. The topological polar surface area (TPSA) is 54.2 Å². The molecule has 2 aromatic heterocycles. The van der Waals surface area contributed by atoms with Crippen LogP contribution in [0.2, 0.25) is 0 Å². The van der Waals surface area contributed by atoms with E-state index >= 15 is 0 Å². The lowest BCUT2D eigenvalue weighted by molar-refractivity contribution is 0.117. The second-order valence-electron chi connectivity index (χ2n) is 6.94. The molecule has 2 atom stereocenters. The van der Waals surface area contributed by atoms with Crippen molar-refractivity contribution in [3.63, 3.8) is 0 Å². The van der Waals surface area contributed by atoms with Gasteiger partial charge in [0.1, 0.15) is 0 Å². The van der Waals surface area contributed by atoms with E-state index in [2.05, 4.69) is 45.3 Å². The maximum absolute atomic E-state index is 10.6. The number of benzene rings is 1. The first-order valence-corrected chi connectivity index (χ1v) is 8.94. The number of hydrogen-bond donors (Lipinski definition) is 1. The van der Waals surface area contributed by atoms with Crippen molar-refractivity contribution in [3.8, 4) is 0 Å². The molecule has 0 amide bonds. The summed E-state index contributed by atoms with van der Waals surface area (Å²) in [6, 6.07) is 10.9. The minimum absolute atomic E-state index is 0.385. The van der Waals surface area contributed by atoms with Gasteiger partial charge in [-0.15, -0.1) is 0 Å². The fourth-order valence-electron chi connectivity index (χ4n) is 3.88. The van der Waals surface area contributed by atoms with Gasteiger partial charge in [-0.25, -0.2) is 0 Å². The highest BCUT2D eigenvalue weighted by molar-refractivity contribution is 5.84. The summed E-state index contributed by atoms with van der Waals surface area (Å²) in [7, 11) is 1.88. The van der Waals surface area contributed by atoms with Crippen LogP contribution < -0.4 is 0 Å². The number of rotatable bonds is 5. The molecule has 3 aromatic rings. The molecule has 1 N–H and O–H groups in total. The van der Waals surface area contributed by atoms with Crippen LogP contribution in [-0.2, 0) is 13.6 Å². The average molecular weight is 336 g/mol. The van der Waals surface area contributed by atoms with Crippen LogP contribution in [0.15, 0.2) is 48.9 Å². The van der Waals surface area contributed by atoms with Gasteiger partial charge in [-0.3, -0.25) is 14.6 Å². The molecule has 5 nitrogen and oxygen atoms in total. The molecule has 1 aliphatic heterocycles. The van der Waals surface area contributed by atoms with Crippen LogP contribution in [0.4, 0.5) is 0 Å². The Kier molecular flexibility index (Phi) is 4.51. The van der Waals surface area contributed by atoms with E-state index in [1.807, 2.05) is 19.4 Å². The van der Waals surface area contributed by atoms with Gasteiger partial charge in [-0.05, 0) is 37.3 Å². The van der Waals surface area contributed by atoms with E-state index < -0.39 is 6.10 Å². The maximum atomic E-state index is 10.6. The molecule has 3 heterocycles. The van der Waals surface area contributed by atoms with Gasteiger partial charge in [0.15, 0.2) is 0 Å². The van der Waals surface area contributed by atoms with Crippen molar-refractivity contribution in [1.82, 2.24) is 19.7 Å². The third-order valence-corrected chi connectivity index (χ3v) is 5.21. The van der Waals surface area contributed by atoms with E-state index in [1.165, 1.54) is 17.2 Å². The summed E-state index contributed by atoms with van der Waals surface area (Å²) in [5.74, 6) is 0. The molecule has 0 bridgehead atoms. The minimum Gasteiger partial charge on any atom is -0.388 e. The average Bonchev–Trinajstić information content (AvgIpc) is 3.24. The summed E-state index contributed by atoms with van der Waals surface area (Å²) >= 11 is 0. The zero-order chi connectivity index (χ0) is 17.2. The minimum atomic E-state index is -0.459. The molecular weight excluding hydrogens is 312 g/mol. The number of aliphatic hydroxyl groups excluding tert-OH is 1. The Morgan fingerprint density at radius 1 is 1.28 bits per heavy atom. The lowest BCUT2D eigenvalue weighted by Gasteiger charge is -2.26. The van der Waals surface area contributed by atoms with Crippen LogP contribution in [-0.4, -0.2) is 37.4 Å². The molecule has 5 heteroatoms. The number of nitrogens with zero attached hydrogens (tertiary/aromatic N) is 4. The molecule has 0 aliphatic carbocycles. The molecule has 0 radical (unpaired) electrons. The second-order valence-corrected chi connectivity index (χ2v) is 6.94. The summed E-state index contributed by atoms with van der Waals surface area (Å²) in [6.45, 7) is 1.90. The first-order chi connectivity index (χ1) is 12.2. The van der Waals surface area contributed by atoms with Gasteiger partial charge in [-0.2, -0.15) is 5.10 Å². The number of fused-ring (bicyclic) bond motifs is 1. The van der Waals surface area contributed by atoms with Crippen molar-refractivity contribution in [2.45, 2.75) is 38.0 Å². The number of aromatic nitrogens is 3. The third-order valence-electron chi connectivity index (χ3n) is 5.21. The fourth-order valence-corrected chi connectivity index (χ4v) is 3.88. The maximum Gasteiger partial charge on any atom is 0.0835 e. The highest BCUT2D eigenvalue weighted by atomic mass is 16.3. The first kappa shape index (κ1) is 16.2. The zero-order valence-electron chi connectivity index (χ0n) is 14.5. The third kappa shape index (κ3) is 3.43. The molecule has 4 rings (SSSR count). The van der Waals surface area contributed by atoms with Gasteiger partial charge in [0, 0.05) is 43.0 Å². The quantitative estimate of drug-likeness (QED) is 0.778. The number of aryl methyl sites for hydroxylation is 1. The smallest absolute Gasteiger partial charge is 0.0835 e. The van der Waals surface area contributed by atoms with Gasteiger partial charge in [0.05, 0.1) is 18.0 Å². The van der Waals surface area contributed by atoms with Crippen molar-refractivity contribution in [2.24, 2.45) is 7.05 Å². The van der Waals surface area contributed by atoms with Crippen molar-refractivity contribution in [1.29, 1.82) is 0 Å². The van der Waals surface area contributed by atoms with E-state index in [9.17, 15) is 5.11 Å². The number of hydrogen-bond acceptors (Lipinski definition) is 4. The van der Waals surface area contributed by atoms with E-state index in [-0.39, 0.29) is 0 Å². The summed E-state index contributed by atoms with van der Waals surface area (Å²) in [5, 5.41) is 17.2. The highest BCUT2D eigenvalue weighted by Gasteiger charge is 2.28. The Labute approximate surface area is 147 Å². The van der Waals surface area contributed by atoms with Crippen LogP contribution >= 0.6 is 0 Å². The molecule has 1 aromatic carbocycles. The predicted octanol–water partition coefficient (Wildman–Crippen LogP) is 3.06. The van der Waals surface area contributed by atoms with Crippen molar-refractivity contribution >= 4 is 10.8 Å².